The highest BCUT2D eigenvalue weighted by Crippen LogP contribution is 2.27. The molecule has 0 N–H and O–H groups in total. The van der Waals surface area contributed by atoms with Crippen molar-refractivity contribution in [2.24, 2.45) is 0 Å². The molecule has 2 unspecified atom stereocenters. The van der Waals surface area contributed by atoms with Crippen LogP contribution in [0.2, 0.25) is 0 Å². The molecule has 0 radical (unpaired) electrons. The Balaban J connectivity index is 1.93. The van der Waals surface area contributed by atoms with Gasteiger partial charge in [-0.1, -0.05) is 22.5 Å². The van der Waals surface area contributed by atoms with Crippen molar-refractivity contribution in [2.45, 2.75) is 39.0 Å². The van der Waals surface area contributed by atoms with Crippen LogP contribution in [0, 0.1) is 13.8 Å². The number of hydrogen-bond donors (Lipinski definition) is 0. The van der Waals surface area contributed by atoms with Gasteiger partial charge in [-0.25, -0.2) is 4.79 Å². The van der Waals surface area contributed by atoms with E-state index in [-0.39, 0.29) is 11.7 Å². The van der Waals surface area contributed by atoms with Crippen molar-refractivity contribution < 1.29 is 17.4 Å². The average molecular weight is 325 g/mol. The normalized spacial score (nSPS) is 19.3. The minimum atomic E-state index is -2.11. The third-order valence-electron chi connectivity index (χ3n) is 3.45. The molecule has 2 aromatic rings. The molecule has 0 fully saturated rings. The molecule has 0 amide bonds. The molecule has 0 saturated carbocycles. The SMILES string of the molecule is Cc1noc(C)c1OS(=O)n1c(C2C=CCCC2)noc1=O. The molecule has 0 aliphatic heterocycles. The van der Waals surface area contributed by atoms with Crippen LogP contribution in [0.3, 0.4) is 0 Å². The second-order valence-corrected chi connectivity index (χ2v) is 5.99. The van der Waals surface area contributed by atoms with E-state index in [1.807, 2.05) is 12.2 Å². The van der Waals surface area contributed by atoms with E-state index in [1.54, 1.807) is 13.8 Å². The molecule has 0 saturated heterocycles. The Hall–Kier alpha value is -2.16. The van der Waals surface area contributed by atoms with Gasteiger partial charge in [0.05, 0.1) is 0 Å². The molecule has 0 spiro atoms. The molecule has 1 aliphatic carbocycles. The maximum atomic E-state index is 12.4. The van der Waals surface area contributed by atoms with Gasteiger partial charge in [-0.2, -0.15) is 4.21 Å². The van der Waals surface area contributed by atoms with Gasteiger partial charge in [0.15, 0.2) is 11.6 Å². The van der Waals surface area contributed by atoms with Crippen LogP contribution in [0.1, 0.15) is 42.5 Å². The minimum absolute atomic E-state index is 0.114. The highest BCUT2D eigenvalue weighted by atomic mass is 32.2. The third kappa shape index (κ3) is 2.63. The Bertz CT molecular complexity index is 768. The van der Waals surface area contributed by atoms with Gasteiger partial charge in [0.1, 0.15) is 5.69 Å². The second kappa shape index (κ2) is 5.91. The fourth-order valence-corrected chi connectivity index (χ4v) is 3.27. The molecule has 9 heteroatoms. The van der Waals surface area contributed by atoms with E-state index >= 15 is 0 Å². The first kappa shape index (κ1) is 14.8. The Morgan fingerprint density at radius 2 is 2.18 bits per heavy atom. The lowest BCUT2D eigenvalue weighted by molar-refractivity contribution is 0.376. The van der Waals surface area contributed by atoms with E-state index in [4.69, 9.17) is 8.71 Å². The first-order valence-electron chi connectivity index (χ1n) is 6.86. The maximum Gasteiger partial charge on any atom is 0.456 e. The Labute approximate surface area is 128 Å². The molecule has 118 valence electrons. The standard InChI is InChI=1S/C13H15N3O5S/c1-8-11(9(2)19-14-8)21-22(18)16-12(15-20-13(16)17)10-6-4-3-5-7-10/h4,6,10H,3,5,7H2,1-2H3. The monoisotopic (exact) mass is 325 g/mol. The summed E-state index contributed by atoms with van der Waals surface area (Å²) in [7, 11) is 0. The van der Waals surface area contributed by atoms with Gasteiger partial charge in [0, 0.05) is 12.8 Å². The second-order valence-electron chi connectivity index (χ2n) is 5.02. The quantitative estimate of drug-likeness (QED) is 0.790. The predicted molar refractivity (Wildman–Crippen MR) is 76.6 cm³/mol. The highest BCUT2D eigenvalue weighted by Gasteiger charge is 2.26. The van der Waals surface area contributed by atoms with Crippen LogP contribution < -0.4 is 9.94 Å². The molecule has 0 bridgehead atoms. The van der Waals surface area contributed by atoms with Gasteiger partial charge in [0.2, 0.25) is 5.75 Å². The summed E-state index contributed by atoms with van der Waals surface area (Å²) in [5, 5.41) is 7.46. The molecule has 2 atom stereocenters. The van der Waals surface area contributed by atoms with Crippen molar-refractivity contribution in [3.05, 3.63) is 40.0 Å². The van der Waals surface area contributed by atoms with Gasteiger partial charge >= 0.3 is 17.0 Å². The van der Waals surface area contributed by atoms with Crippen LogP contribution in [-0.4, -0.2) is 18.5 Å². The number of aryl methyl sites for hydroxylation is 2. The summed E-state index contributed by atoms with van der Waals surface area (Å²) < 4.78 is 28.3. The lowest BCUT2D eigenvalue weighted by atomic mass is 9.95. The third-order valence-corrected chi connectivity index (χ3v) is 4.39. The minimum Gasteiger partial charge on any atom is -0.379 e. The molecular formula is C13H15N3O5S. The molecular weight excluding hydrogens is 310 g/mol. The zero-order valence-electron chi connectivity index (χ0n) is 12.1. The van der Waals surface area contributed by atoms with Crippen LogP contribution in [0.25, 0.3) is 0 Å². The Kier molecular flexibility index (Phi) is 3.97. The van der Waals surface area contributed by atoms with Crippen LogP contribution in [0.5, 0.6) is 5.75 Å². The topological polar surface area (TPSA) is 100 Å². The molecule has 1 aliphatic rings. The van der Waals surface area contributed by atoms with Crippen LogP contribution >= 0.6 is 0 Å². The highest BCUT2D eigenvalue weighted by molar-refractivity contribution is 7.79. The number of aromatic nitrogens is 3. The summed E-state index contributed by atoms with van der Waals surface area (Å²) in [4.78, 5) is 11.8. The average Bonchev–Trinajstić information content (AvgIpc) is 3.05. The van der Waals surface area contributed by atoms with Gasteiger partial charge in [-0.05, 0) is 26.2 Å². The van der Waals surface area contributed by atoms with E-state index in [9.17, 15) is 9.00 Å². The molecule has 22 heavy (non-hydrogen) atoms. The fraction of sp³-hybridized carbons (Fsp3) is 0.462. The zero-order chi connectivity index (χ0) is 15.7. The number of allylic oxidation sites excluding steroid dienone is 2. The first-order valence-corrected chi connectivity index (χ1v) is 7.90. The Morgan fingerprint density at radius 3 is 2.82 bits per heavy atom. The lowest BCUT2D eigenvalue weighted by Crippen LogP contribution is -2.25. The summed E-state index contributed by atoms with van der Waals surface area (Å²) in [6.45, 7) is 3.29. The summed E-state index contributed by atoms with van der Waals surface area (Å²) in [6.07, 6.45) is 6.71. The van der Waals surface area contributed by atoms with E-state index in [0.29, 0.717) is 17.3 Å². The van der Waals surface area contributed by atoms with Gasteiger partial charge in [-0.3, -0.25) is 4.52 Å². The number of hydrogen-bond acceptors (Lipinski definition) is 7. The van der Waals surface area contributed by atoms with Crippen LogP contribution in [0.4, 0.5) is 0 Å². The first-order chi connectivity index (χ1) is 10.6. The molecule has 3 rings (SSSR count). The lowest BCUT2D eigenvalue weighted by Gasteiger charge is -2.14. The summed E-state index contributed by atoms with van der Waals surface area (Å²) >= 11 is -2.11. The van der Waals surface area contributed by atoms with Crippen molar-refractivity contribution in [3.63, 3.8) is 0 Å². The van der Waals surface area contributed by atoms with Crippen LogP contribution in [0.15, 0.2) is 26.0 Å². The Morgan fingerprint density at radius 1 is 1.36 bits per heavy atom. The summed E-state index contributed by atoms with van der Waals surface area (Å²) in [5.41, 5.74) is 0.453. The zero-order valence-corrected chi connectivity index (χ0v) is 13.0. The molecule has 8 nitrogen and oxygen atoms in total. The summed E-state index contributed by atoms with van der Waals surface area (Å²) in [5.74, 6) is -0.00596. The van der Waals surface area contributed by atoms with E-state index in [2.05, 4.69) is 14.8 Å². The predicted octanol–water partition coefficient (Wildman–Crippen LogP) is 1.77. The molecule has 0 aromatic carbocycles. The van der Waals surface area contributed by atoms with Gasteiger partial charge < -0.3 is 8.71 Å². The van der Waals surface area contributed by atoms with E-state index in [1.165, 1.54) is 0 Å². The van der Waals surface area contributed by atoms with E-state index < -0.39 is 17.0 Å². The van der Waals surface area contributed by atoms with Crippen molar-refractivity contribution in [1.82, 2.24) is 14.3 Å². The summed E-state index contributed by atoms with van der Waals surface area (Å²) in [6, 6.07) is 0. The van der Waals surface area contributed by atoms with Crippen molar-refractivity contribution in [3.8, 4) is 5.75 Å². The van der Waals surface area contributed by atoms with Crippen molar-refractivity contribution >= 4 is 11.3 Å². The van der Waals surface area contributed by atoms with Gasteiger partial charge in [-0.15, -0.1) is 3.97 Å². The van der Waals surface area contributed by atoms with Crippen molar-refractivity contribution in [2.75, 3.05) is 0 Å². The molecule has 2 aromatic heterocycles. The fourth-order valence-electron chi connectivity index (χ4n) is 2.34. The largest absolute Gasteiger partial charge is 0.456 e. The van der Waals surface area contributed by atoms with Gasteiger partial charge in [0.25, 0.3) is 0 Å². The van der Waals surface area contributed by atoms with Crippen LogP contribution in [-0.2, 0) is 11.3 Å². The number of rotatable bonds is 4. The van der Waals surface area contributed by atoms with E-state index in [0.717, 1.165) is 23.2 Å². The smallest absolute Gasteiger partial charge is 0.379 e. The maximum absolute atomic E-state index is 12.4. The van der Waals surface area contributed by atoms with Crippen molar-refractivity contribution in [1.29, 1.82) is 0 Å². The molecule has 2 heterocycles. The number of nitrogens with zero attached hydrogens (tertiary/aromatic N) is 3.